The van der Waals surface area contributed by atoms with E-state index in [0.717, 1.165) is 17.9 Å². The van der Waals surface area contributed by atoms with Gasteiger partial charge >= 0.3 is 0 Å². The van der Waals surface area contributed by atoms with Gasteiger partial charge in [0.05, 0.1) is 19.8 Å². The molecule has 3 atom stereocenters. The van der Waals surface area contributed by atoms with Crippen LogP contribution in [0, 0.1) is 5.92 Å². The number of rotatable bonds is 8. The third kappa shape index (κ3) is 5.21. The molecule has 0 bridgehead atoms. The van der Waals surface area contributed by atoms with E-state index in [2.05, 4.69) is 13.8 Å². The van der Waals surface area contributed by atoms with Crippen LogP contribution in [0.15, 0.2) is 24.3 Å². The lowest BCUT2D eigenvalue weighted by molar-refractivity contribution is 0.0172. The molecule has 1 aromatic carbocycles. The fourth-order valence-electron chi connectivity index (χ4n) is 2.21. The van der Waals surface area contributed by atoms with Crippen LogP contribution < -0.4 is 10.5 Å². The van der Waals surface area contributed by atoms with Crippen LogP contribution in [0.3, 0.4) is 0 Å². The quantitative estimate of drug-likeness (QED) is 0.782. The maximum absolute atomic E-state index is 6.05. The Balaban J connectivity index is 2.71. The number of nitrogens with two attached hydrogens (primary N) is 1. The Labute approximate surface area is 117 Å². The van der Waals surface area contributed by atoms with Crippen molar-refractivity contribution in [2.24, 2.45) is 11.7 Å². The monoisotopic (exact) mass is 265 g/mol. The summed E-state index contributed by atoms with van der Waals surface area (Å²) in [6.07, 6.45) is 2.30. The van der Waals surface area contributed by atoms with Crippen LogP contribution in [0.4, 0.5) is 0 Å². The van der Waals surface area contributed by atoms with Crippen molar-refractivity contribution >= 4 is 0 Å². The van der Waals surface area contributed by atoms with Crippen molar-refractivity contribution in [2.45, 2.75) is 45.8 Å². The van der Waals surface area contributed by atoms with Crippen molar-refractivity contribution < 1.29 is 9.47 Å². The summed E-state index contributed by atoms with van der Waals surface area (Å²) in [6, 6.07) is 7.91. The second-order valence-corrected chi connectivity index (χ2v) is 5.28. The van der Waals surface area contributed by atoms with Crippen LogP contribution >= 0.6 is 0 Å². The van der Waals surface area contributed by atoms with Gasteiger partial charge < -0.3 is 15.2 Å². The Bertz CT molecular complexity index is 366. The molecule has 0 amide bonds. The summed E-state index contributed by atoms with van der Waals surface area (Å²) in [7, 11) is 1.67. The van der Waals surface area contributed by atoms with Gasteiger partial charge in [0.15, 0.2) is 0 Å². The molecule has 0 saturated heterocycles. The molecule has 0 spiro atoms. The van der Waals surface area contributed by atoms with Crippen molar-refractivity contribution in [3.8, 4) is 5.75 Å². The second-order valence-electron chi connectivity index (χ2n) is 5.28. The van der Waals surface area contributed by atoms with E-state index in [9.17, 15) is 0 Å². The molecule has 0 fully saturated rings. The first-order valence-corrected chi connectivity index (χ1v) is 7.09. The van der Waals surface area contributed by atoms with E-state index in [0.29, 0.717) is 5.92 Å². The van der Waals surface area contributed by atoms with Crippen LogP contribution in [0.25, 0.3) is 0 Å². The number of hydrogen-bond acceptors (Lipinski definition) is 3. The maximum atomic E-state index is 6.05. The van der Waals surface area contributed by atoms with Gasteiger partial charge in [-0.2, -0.15) is 0 Å². The lowest BCUT2D eigenvalue weighted by Crippen LogP contribution is -2.28. The molecule has 0 aliphatic carbocycles. The Hall–Kier alpha value is -1.06. The van der Waals surface area contributed by atoms with Gasteiger partial charge in [-0.05, 0) is 37.0 Å². The molecule has 0 aliphatic heterocycles. The molecule has 3 nitrogen and oxygen atoms in total. The highest BCUT2D eigenvalue weighted by atomic mass is 16.5. The van der Waals surface area contributed by atoms with E-state index in [1.807, 2.05) is 31.2 Å². The lowest BCUT2D eigenvalue weighted by atomic mass is 10.0. The van der Waals surface area contributed by atoms with Gasteiger partial charge in [0.1, 0.15) is 5.75 Å². The minimum atomic E-state index is -0.0746. The van der Waals surface area contributed by atoms with E-state index in [1.54, 1.807) is 7.11 Å². The first-order chi connectivity index (χ1) is 9.08. The largest absolute Gasteiger partial charge is 0.497 e. The maximum Gasteiger partial charge on any atom is 0.119 e. The van der Waals surface area contributed by atoms with Crippen molar-refractivity contribution in [2.75, 3.05) is 13.7 Å². The minimum absolute atomic E-state index is 0.0408. The first-order valence-electron chi connectivity index (χ1n) is 7.09. The predicted molar refractivity (Wildman–Crippen MR) is 79.4 cm³/mol. The van der Waals surface area contributed by atoms with E-state index in [-0.39, 0.29) is 12.1 Å². The van der Waals surface area contributed by atoms with E-state index < -0.39 is 0 Å². The highest BCUT2D eigenvalue weighted by Gasteiger charge is 2.18. The third-order valence-electron chi connectivity index (χ3n) is 3.24. The zero-order valence-electron chi connectivity index (χ0n) is 12.6. The van der Waals surface area contributed by atoms with Crippen LogP contribution in [0.5, 0.6) is 5.75 Å². The third-order valence-corrected chi connectivity index (χ3v) is 3.24. The van der Waals surface area contributed by atoms with Gasteiger partial charge in [-0.3, -0.25) is 0 Å². The molecule has 0 radical (unpaired) electrons. The van der Waals surface area contributed by atoms with Gasteiger partial charge in [-0.25, -0.2) is 0 Å². The summed E-state index contributed by atoms with van der Waals surface area (Å²) in [5.41, 5.74) is 7.14. The molecule has 3 heteroatoms. The highest BCUT2D eigenvalue weighted by molar-refractivity contribution is 5.30. The Morgan fingerprint density at radius 1 is 1.26 bits per heavy atom. The summed E-state index contributed by atoms with van der Waals surface area (Å²) < 4.78 is 11.3. The summed E-state index contributed by atoms with van der Waals surface area (Å²) in [4.78, 5) is 0. The van der Waals surface area contributed by atoms with Crippen LogP contribution in [0.1, 0.15) is 45.3 Å². The second kappa shape index (κ2) is 8.18. The minimum Gasteiger partial charge on any atom is -0.497 e. The molecule has 0 aromatic heterocycles. The van der Waals surface area contributed by atoms with Gasteiger partial charge in [-0.1, -0.05) is 32.4 Å². The standard InChI is InChI=1S/C16H27NO2/c1-5-7-12(2)11-19-16(13(3)17)14-8-6-9-15(10-14)18-4/h6,8-10,12-13,16H,5,7,11,17H2,1-4H3. The van der Waals surface area contributed by atoms with Gasteiger partial charge in [0, 0.05) is 6.04 Å². The zero-order valence-corrected chi connectivity index (χ0v) is 12.6. The van der Waals surface area contributed by atoms with Crippen molar-refractivity contribution in [1.29, 1.82) is 0 Å². The molecule has 1 aromatic rings. The van der Waals surface area contributed by atoms with E-state index in [1.165, 1.54) is 12.8 Å². The average Bonchev–Trinajstić information content (AvgIpc) is 2.39. The number of methoxy groups -OCH3 is 1. The molecule has 1 rings (SSSR count). The summed E-state index contributed by atoms with van der Waals surface area (Å²) in [6.45, 7) is 7.14. The first kappa shape index (κ1) is 16.0. The molecular weight excluding hydrogens is 238 g/mol. The smallest absolute Gasteiger partial charge is 0.119 e. The van der Waals surface area contributed by atoms with Crippen molar-refractivity contribution in [3.63, 3.8) is 0 Å². The molecule has 0 aliphatic rings. The van der Waals surface area contributed by atoms with Crippen LogP contribution in [0.2, 0.25) is 0 Å². The van der Waals surface area contributed by atoms with Gasteiger partial charge in [0.25, 0.3) is 0 Å². The van der Waals surface area contributed by atoms with E-state index >= 15 is 0 Å². The average molecular weight is 265 g/mol. The van der Waals surface area contributed by atoms with Gasteiger partial charge in [-0.15, -0.1) is 0 Å². The Morgan fingerprint density at radius 2 is 2.00 bits per heavy atom. The predicted octanol–water partition coefficient (Wildman–Crippen LogP) is 3.54. The normalized spacial score (nSPS) is 15.8. The molecule has 19 heavy (non-hydrogen) atoms. The summed E-state index contributed by atoms with van der Waals surface area (Å²) in [5.74, 6) is 1.41. The van der Waals surface area contributed by atoms with Gasteiger partial charge in [0.2, 0.25) is 0 Å². The fourth-order valence-corrected chi connectivity index (χ4v) is 2.21. The molecule has 108 valence electrons. The Kier molecular flexibility index (Phi) is 6.89. The topological polar surface area (TPSA) is 44.5 Å². The summed E-state index contributed by atoms with van der Waals surface area (Å²) in [5, 5.41) is 0. The molecule has 2 N–H and O–H groups in total. The van der Waals surface area contributed by atoms with Crippen molar-refractivity contribution in [1.82, 2.24) is 0 Å². The molecule has 0 heterocycles. The van der Waals surface area contributed by atoms with Crippen LogP contribution in [-0.2, 0) is 4.74 Å². The van der Waals surface area contributed by atoms with E-state index in [4.69, 9.17) is 15.2 Å². The molecule has 3 unspecified atom stereocenters. The molecular formula is C16H27NO2. The highest BCUT2D eigenvalue weighted by Crippen LogP contribution is 2.25. The lowest BCUT2D eigenvalue weighted by Gasteiger charge is -2.24. The SMILES string of the molecule is CCCC(C)COC(c1cccc(OC)c1)C(C)N. The van der Waals surface area contributed by atoms with Crippen LogP contribution in [-0.4, -0.2) is 19.8 Å². The van der Waals surface area contributed by atoms with Crippen molar-refractivity contribution in [3.05, 3.63) is 29.8 Å². The Morgan fingerprint density at radius 3 is 2.58 bits per heavy atom. The fraction of sp³-hybridized carbons (Fsp3) is 0.625. The molecule has 0 saturated carbocycles. The summed E-state index contributed by atoms with van der Waals surface area (Å²) >= 11 is 0. The number of benzene rings is 1. The number of hydrogen-bond donors (Lipinski definition) is 1. The zero-order chi connectivity index (χ0) is 14.3. The number of ether oxygens (including phenoxy) is 2.